The van der Waals surface area contributed by atoms with Crippen molar-refractivity contribution in [2.75, 3.05) is 0 Å². The van der Waals surface area contributed by atoms with E-state index >= 15 is 0 Å². The largest absolute Gasteiger partial charge is 0.187 e. The summed E-state index contributed by atoms with van der Waals surface area (Å²) in [5, 5.41) is 0. The molecule has 0 atom stereocenters. The third-order valence-electron chi connectivity index (χ3n) is 0. The maximum atomic E-state index is 0. The van der Waals surface area contributed by atoms with Gasteiger partial charge in [-0.3, -0.25) is 0 Å². The van der Waals surface area contributed by atoms with E-state index in [2.05, 4.69) is 0 Å². The van der Waals surface area contributed by atoms with Crippen LogP contribution in [-0.4, -0.2) is 28.3 Å². The van der Waals surface area contributed by atoms with Gasteiger partial charge in [0, 0.05) is 65.2 Å². The predicted molar refractivity (Wildman–Crippen MR) is 19.9 cm³/mol. The smallest absolute Gasteiger partial charge is 0.0125 e. The molecule has 0 unspecified atom stereocenters. The SMILES string of the molecule is [AlH3].[Mo].[Nb].[SiH3].[Ti]. The fourth-order valence-electron chi connectivity index (χ4n) is 0. The van der Waals surface area contributed by atoms with Crippen molar-refractivity contribution in [2.24, 2.45) is 0 Å². The van der Waals surface area contributed by atoms with Crippen LogP contribution in [0.5, 0.6) is 0 Å². The maximum Gasteiger partial charge on any atom is 0.187 e. The monoisotopic (exact) mass is 300 g/mol. The second kappa shape index (κ2) is 28.6. The molecule has 0 aromatic carbocycles. The van der Waals surface area contributed by atoms with E-state index in [1.165, 1.54) is 0 Å². The van der Waals surface area contributed by atoms with Gasteiger partial charge in [0.2, 0.25) is 0 Å². The van der Waals surface area contributed by atoms with Gasteiger partial charge < -0.3 is 0 Å². The molecular formula is H6AlMoNbSiTi. The van der Waals surface area contributed by atoms with E-state index in [0.717, 1.165) is 0 Å². The van der Waals surface area contributed by atoms with E-state index < -0.39 is 0 Å². The van der Waals surface area contributed by atoms with E-state index in [4.69, 9.17) is 0 Å². The molecule has 28 valence electrons. The van der Waals surface area contributed by atoms with Crippen LogP contribution in [0.1, 0.15) is 0 Å². The summed E-state index contributed by atoms with van der Waals surface area (Å²) in [5.41, 5.74) is 0. The van der Waals surface area contributed by atoms with Gasteiger partial charge in [-0.15, -0.1) is 0 Å². The molecule has 2 radical (unpaired) electrons. The quantitative estimate of drug-likeness (QED) is 0.438. The molecule has 0 amide bonds. The Morgan fingerprint density at radius 3 is 1.00 bits per heavy atom. The predicted octanol–water partition coefficient (Wildman–Crippen LogP) is -2.38. The second-order valence-corrected chi connectivity index (χ2v) is 0. The van der Waals surface area contributed by atoms with Crippen molar-refractivity contribution in [1.29, 1.82) is 0 Å². The van der Waals surface area contributed by atoms with Crippen LogP contribution in [0.2, 0.25) is 0 Å². The first-order valence-electron chi connectivity index (χ1n) is 0. The van der Waals surface area contributed by atoms with Crippen LogP contribution < -0.4 is 0 Å². The Balaban J connectivity index is 0. The molecule has 0 aromatic heterocycles. The van der Waals surface area contributed by atoms with Gasteiger partial charge in [0.05, 0.1) is 0 Å². The van der Waals surface area contributed by atoms with E-state index in [0.29, 0.717) is 0 Å². The molecule has 5 heteroatoms. The van der Waals surface area contributed by atoms with Crippen LogP contribution in [0.3, 0.4) is 0 Å². The fraction of sp³-hybridized carbons (Fsp3) is 0. The van der Waals surface area contributed by atoms with E-state index in [1.807, 2.05) is 0 Å². The summed E-state index contributed by atoms with van der Waals surface area (Å²) in [6, 6.07) is 0. The summed E-state index contributed by atoms with van der Waals surface area (Å²) in [6.45, 7) is 0. The van der Waals surface area contributed by atoms with Gasteiger partial charge >= 0.3 is 0 Å². The van der Waals surface area contributed by atoms with Crippen molar-refractivity contribution in [1.82, 2.24) is 0 Å². The first-order valence-corrected chi connectivity index (χ1v) is 0. The molecule has 0 aliphatic heterocycles. The van der Waals surface area contributed by atoms with Gasteiger partial charge in [-0.05, 0) is 11.0 Å². The molecule has 0 aliphatic rings. The van der Waals surface area contributed by atoms with Gasteiger partial charge in [-0.2, -0.15) is 0 Å². The summed E-state index contributed by atoms with van der Waals surface area (Å²) in [5.74, 6) is 0. The molecule has 0 fully saturated rings. The van der Waals surface area contributed by atoms with Gasteiger partial charge in [0.25, 0.3) is 0 Å². The molecular weight excluding hydrogens is 292 g/mol. The Kier molecular flexibility index (Phi) is 256. The Morgan fingerprint density at radius 2 is 1.00 bits per heavy atom. The Hall–Kier alpha value is 2.89. The van der Waals surface area contributed by atoms with Crippen molar-refractivity contribution >= 4 is 28.3 Å². The van der Waals surface area contributed by atoms with Gasteiger partial charge in [-0.25, -0.2) is 0 Å². The van der Waals surface area contributed by atoms with Crippen LogP contribution >= 0.6 is 0 Å². The van der Waals surface area contributed by atoms with Crippen LogP contribution in [0.4, 0.5) is 0 Å². The van der Waals surface area contributed by atoms with Crippen LogP contribution in [0, 0.1) is 0 Å². The standard InChI is InChI=1S/Al.Mo.Nb.H3Si.Ti.3H/h;;;1H3;;;;. The van der Waals surface area contributed by atoms with Crippen molar-refractivity contribution in [2.45, 2.75) is 0 Å². The fourth-order valence-corrected chi connectivity index (χ4v) is 0. The zero-order chi connectivity index (χ0) is 0. The third kappa shape index (κ3) is 19.7. The second-order valence-electron chi connectivity index (χ2n) is 0. The molecule has 0 nitrogen and oxygen atoms in total. The average molecular weight is 298 g/mol. The summed E-state index contributed by atoms with van der Waals surface area (Å²) in [6.07, 6.45) is 0. The topological polar surface area (TPSA) is 0 Å². The van der Waals surface area contributed by atoms with Gasteiger partial charge in [0.15, 0.2) is 17.4 Å². The number of hydrogen-bond donors (Lipinski definition) is 0. The van der Waals surface area contributed by atoms with Crippen molar-refractivity contribution in [3.05, 3.63) is 0 Å². The maximum absolute atomic E-state index is 0. The van der Waals surface area contributed by atoms with Crippen molar-refractivity contribution < 1.29 is 65.2 Å². The molecule has 0 saturated carbocycles. The van der Waals surface area contributed by atoms with Crippen molar-refractivity contribution in [3.63, 3.8) is 0 Å². The van der Waals surface area contributed by atoms with Crippen LogP contribution in [0.25, 0.3) is 0 Å². The van der Waals surface area contributed by atoms with E-state index in [1.54, 1.807) is 0 Å². The summed E-state index contributed by atoms with van der Waals surface area (Å²) < 4.78 is 0. The van der Waals surface area contributed by atoms with E-state index in [-0.39, 0.29) is 93.5 Å². The van der Waals surface area contributed by atoms with Crippen LogP contribution in [0.15, 0.2) is 0 Å². The average Bonchev–Trinajstić information content (AvgIpc) is 0. The molecule has 0 bridgehead atoms. The molecule has 0 saturated heterocycles. The molecule has 0 aromatic rings. The zero-order valence-electron chi connectivity index (χ0n) is 2.36. The summed E-state index contributed by atoms with van der Waals surface area (Å²) >= 11 is 0. The van der Waals surface area contributed by atoms with Gasteiger partial charge in [0.1, 0.15) is 0 Å². The normalized spacial score (nSPS) is 0. The Morgan fingerprint density at radius 1 is 1.00 bits per heavy atom. The Labute approximate surface area is 92.0 Å². The summed E-state index contributed by atoms with van der Waals surface area (Å²) in [4.78, 5) is 0. The molecule has 0 N–H and O–H groups in total. The van der Waals surface area contributed by atoms with E-state index in [9.17, 15) is 0 Å². The molecule has 0 spiro atoms. The number of rotatable bonds is 0. The minimum Gasteiger partial charge on any atom is -0.0125 e. The van der Waals surface area contributed by atoms with Crippen molar-refractivity contribution in [3.8, 4) is 0 Å². The zero-order valence-corrected chi connectivity index (χ0v) is 10.1. The van der Waals surface area contributed by atoms with Crippen LogP contribution in [-0.2, 0) is 65.2 Å². The van der Waals surface area contributed by atoms with Gasteiger partial charge in [-0.1, -0.05) is 0 Å². The summed E-state index contributed by atoms with van der Waals surface area (Å²) in [7, 11) is 0. The molecule has 0 aliphatic carbocycles. The first kappa shape index (κ1) is 44.8. The minimum atomic E-state index is 0. The molecule has 0 rings (SSSR count). The Bertz CT molecular complexity index is 11.6. The number of hydrogen-bond acceptors (Lipinski definition) is 0. The first-order chi connectivity index (χ1) is 0. The molecule has 0 heterocycles. The third-order valence-corrected chi connectivity index (χ3v) is 0. The molecule has 5 heavy (non-hydrogen) atoms. The minimum absolute atomic E-state index is 0.